The summed E-state index contributed by atoms with van der Waals surface area (Å²) in [5, 5.41) is 20.3. The summed E-state index contributed by atoms with van der Waals surface area (Å²) in [6, 6.07) is 51.4. The van der Waals surface area contributed by atoms with Crippen LogP contribution in [0.25, 0.3) is 0 Å². The zero-order chi connectivity index (χ0) is 59.5. The number of aliphatic hydroxyl groups excluding tert-OH is 1. The van der Waals surface area contributed by atoms with Crippen molar-refractivity contribution in [3.05, 3.63) is 313 Å². The van der Waals surface area contributed by atoms with Gasteiger partial charge >= 0.3 is 29.6 Å². The number of hydrogen-bond acceptors (Lipinski definition) is 8. The number of ketones is 2. The second kappa shape index (κ2) is 42.3. The normalized spacial score (nSPS) is 10.4. The summed E-state index contributed by atoms with van der Waals surface area (Å²) in [5.74, 6) is -1.23. The van der Waals surface area contributed by atoms with Crippen LogP contribution in [0.4, 0.5) is 17.6 Å². The Morgan fingerprint density at radius 3 is 1.28 bits per heavy atom. The first-order valence-corrected chi connectivity index (χ1v) is 28.5. The minimum Gasteiger partial charge on any atom is -1.00 e. The number of ether oxygens (including phenoxy) is 3. The molecule has 0 aliphatic carbocycles. The smallest absolute Gasteiger partial charge is 1.00 e. The average Bonchev–Trinajstić information content (AvgIpc) is 3.65. The maximum absolute atomic E-state index is 13.4. The minimum atomic E-state index is -1.67. The molecule has 8 aromatic carbocycles. The van der Waals surface area contributed by atoms with Crippen LogP contribution in [0.1, 0.15) is 67.0 Å². The van der Waals surface area contributed by atoms with Crippen molar-refractivity contribution in [1.82, 2.24) is 0 Å². The van der Waals surface area contributed by atoms with E-state index in [1.807, 2.05) is 54.6 Å². The topological polar surface area (TPSA) is 119 Å². The average molecular weight is 1280 g/mol. The van der Waals surface area contributed by atoms with Crippen molar-refractivity contribution in [3.8, 4) is 23.0 Å². The Kier molecular flexibility index (Phi) is 38.0. The number of halogens is 8. The summed E-state index contributed by atoms with van der Waals surface area (Å²) in [5.41, 5.74) is 3.73. The van der Waals surface area contributed by atoms with Crippen molar-refractivity contribution in [2.24, 2.45) is 0 Å². The Labute approximate surface area is 532 Å². The predicted octanol–water partition coefficient (Wildman–Crippen LogP) is 13.9. The molecule has 0 aliphatic heterocycles. The molecule has 8 aromatic rings. The Balaban J connectivity index is 0.00000104. The molecule has 8 nitrogen and oxygen atoms in total. The molecule has 0 fully saturated rings. The summed E-state index contributed by atoms with van der Waals surface area (Å²) in [6.07, 6.45) is 5.68. The van der Waals surface area contributed by atoms with Gasteiger partial charge in [0, 0.05) is 57.4 Å². The van der Waals surface area contributed by atoms with Crippen molar-refractivity contribution >= 4 is 78.1 Å². The van der Waals surface area contributed by atoms with E-state index in [2.05, 4.69) is 63.6 Å². The molecule has 0 amide bonds. The van der Waals surface area contributed by atoms with Gasteiger partial charge in [-0.3, -0.25) is 9.59 Å². The molecule has 0 aromatic heterocycles. The number of phenolic OH excluding ortho intramolecular Hbond substituents is 1. The third kappa shape index (κ3) is 27.2. The first-order valence-electron chi connectivity index (χ1n) is 24.1. The Morgan fingerprint density at radius 2 is 0.855 bits per heavy atom. The van der Waals surface area contributed by atoms with E-state index in [1.54, 1.807) is 97.1 Å². The molecule has 0 saturated carbocycles. The predicted molar refractivity (Wildman–Crippen MR) is 329 cm³/mol. The van der Waals surface area contributed by atoms with E-state index in [0.717, 1.165) is 23.0 Å². The SMILES string of the molecule is C=CCBr.C=CCOc1ccc(F)cc1C(=O)c1ccccc1.C=CCOc1ccc(F)cc1C(Cl)c1ccccc1.C=CCOc1ccc(F)cc1C(O)c1ccccc1.O=C(c1ccccc1)c1cc(F)ccc1O.O=S(Cl)Cl.[B].[H-].[Na+]. The summed E-state index contributed by atoms with van der Waals surface area (Å²) >= 11 is 9.55. The van der Waals surface area contributed by atoms with E-state index in [4.69, 9.17) is 30.0 Å². The van der Waals surface area contributed by atoms with E-state index in [-0.39, 0.29) is 74.5 Å². The van der Waals surface area contributed by atoms with Gasteiger partial charge in [-0.25, -0.2) is 21.8 Å². The molecule has 0 aliphatic rings. The number of rotatable bonds is 18. The van der Waals surface area contributed by atoms with Crippen molar-refractivity contribution < 1.29 is 86.8 Å². The zero-order valence-corrected chi connectivity index (χ0v) is 51.6. The second-order valence-electron chi connectivity index (χ2n) is 16.1. The van der Waals surface area contributed by atoms with Crippen LogP contribution in [0.3, 0.4) is 0 Å². The van der Waals surface area contributed by atoms with Crippen molar-refractivity contribution in [2.45, 2.75) is 11.5 Å². The molecule has 3 radical (unpaired) electrons. The molecule has 2 unspecified atom stereocenters. The third-order valence-corrected chi connectivity index (χ3v) is 11.3. The van der Waals surface area contributed by atoms with Crippen molar-refractivity contribution in [2.75, 3.05) is 25.2 Å². The summed E-state index contributed by atoms with van der Waals surface area (Å²) in [7, 11) is 7.36. The first-order chi connectivity index (χ1) is 39.0. The maximum atomic E-state index is 13.4. The Bertz CT molecular complexity index is 3170. The van der Waals surface area contributed by atoms with Crippen LogP contribution < -0.4 is 43.8 Å². The number of alkyl halides is 2. The number of allylic oxidation sites excluding steroid dienone is 1. The first kappa shape index (κ1) is 74.5. The largest absolute Gasteiger partial charge is 1.00 e. The van der Waals surface area contributed by atoms with Gasteiger partial charge in [0.2, 0.25) is 9.23 Å². The van der Waals surface area contributed by atoms with E-state index in [1.165, 1.54) is 54.6 Å². The fourth-order valence-electron chi connectivity index (χ4n) is 6.76. The van der Waals surface area contributed by atoms with Crippen LogP contribution in [0, 0.1) is 23.3 Å². The molecular formula is C64H57BBrCl3F4NaO8S. The maximum Gasteiger partial charge on any atom is 1.00 e. The number of carbonyl (C=O) groups is 2. The quantitative estimate of drug-likeness (QED) is 0.0218. The summed E-state index contributed by atoms with van der Waals surface area (Å²) in [4.78, 5) is 24.2. The van der Waals surface area contributed by atoms with Gasteiger partial charge in [0.1, 0.15) is 72.2 Å². The fraction of sp³-hybridized carbons (Fsp3) is 0.0938. The van der Waals surface area contributed by atoms with Crippen molar-refractivity contribution in [1.29, 1.82) is 0 Å². The number of aliphatic hydroxyl groups is 1. The summed E-state index contributed by atoms with van der Waals surface area (Å²) in [6.45, 7) is 15.1. The van der Waals surface area contributed by atoms with E-state index >= 15 is 0 Å². The molecule has 2 atom stereocenters. The standard InChI is InChI=1S/C16H14ClFO.C16H15FO2.C16H13FO2.C13H9FO2.C3H5Br.B.Cl2OS.Na.H/c1-2-10-19-15-9-8-13(18)11-14(15)16(17)12-6-4-3-5-7-12;2*1-2-10-19-15-9-8-13(17)11-14(15)16(18)12-6-4-3-5-7-12;14-10-6-7-12(15)11(8-10)13(16)9-4-2-1-3-5-9;1-2-3-4;;1-4(2)3;;/h2-9,11,16H,1,10H2;2-9,11,16,18H,1,10H2;2-9,11H,1,10H2;1-8,15H;2H,1,3H2;;;;/q;;;;;;;+1;-1. The zero-order valence-electron chi connectivity index (χ0n) is 45.9. The molecule has 19 heteroatoms. The van der Waals surface area contributed by atoms with Gasteiger partial charge in [0.15, 0.2) is 11.6 Å². The van der Waals surface area contributed by atoms with E-state index in [9.17, 15) is 37.4 Å². The van der Waals surface area contributed by atoms with Gasteiger partial charge in [-0.2, -0.15) is 0 Å². The molecule has 0 saturated heterocycles. The number of phenols is 1. The monoisotopic (exact) mass is 1280 g/mol. The van der Waals surface area contributed by atoms with Crippen LogP contribution in [-0.4, -0.2) is 59.6 Å². The van der Waals surface area contributed by atoms with Crippen molar-refractivity contribution in [3.63, 3.8) is 0 Å². The van der Waals surface area contributed by atoms with Crippen LogP contribution in [0.15, 0.2) is 245 Å². The molecule has 427 valence electrons. The molecule has 0 bridgehead atoms. The van der Waals surface area contributed by atoms with E-state index in [0.29, 0.717) is 58.3 Å². The van der Waals surface area contributed by atoms with Gasteiger partial charge in [0.25, 0.3) is 0 Å². The molecule has 8 rings (SSSR count). The minimum absolute atomic E-state index is 0. The number of aromatic hydroxyl groups is 1. The van der Waals surface area contributed by atoms with E-state index < -0.39 is 43.9 Å². The fourth-order valence-corrected chi connectivity index (χ4v) is 7.08. The molecule has 0 spiro atoms. The van der Waals surface area contributed by atoms with Crippen LogP contribution in [0.5, 0.6) is 23.0 Å². The van der Waals surface area contributed by atoms with Gasteiger partial charge in [-0.05, 0) is 83.9 Å². The molecule has 83 heavy (non-hydrogen) atoms. The summed E-state index contributed by atoms with van der Waals surface area (Å²) < 4.78 is 78.5. The van der Waals surface area contributed by atoms with Gasteiger partial charge < -0.3 is 25.9 Å². The Morgan fingerprint density at radius 1 is 0.530 bits per heavy atom. The second-order valence-corrected chi connectivity index (χ2v) is 19.7. The molecular weight excluding hydrogens is 1220 g/mol. The number of carbonyl (C=O) groups excluding carboxylic acids is 2. The van der Waals surface area contributed by atoms with Crippen LogP contribution in [0.2, 0.25) is 0 Å². The number of benzene rings is 8. The third-order valence-electron chi connectivity index (χ3n) is 10.4. The van der Waals surface area contributed by atoms with Gasteiger partial charge in [-0.1, -0.05) is 181 Å². The molecule has 2 N–H and O–H groups in total. The Hall–Kier alpha value is -6.50. The van der Waals surface area contributed by atoms with Gasteiger partial charge in [0.05, 0.1) is 16.5 Å². The van der Waals surface area contributed by atoms with Gasteiger partial charge in [-0.15, -0.1) is 18.2 Å². The number of hydrogen-bond donors (Lipinski definition) is 2. The molecule has 0 heterocycles. The van der Waals surface area contributed by atoms with Crippen LogP contribution >= 0.6 is 48.9 Å². The van der Waals surface area contributed by atoms with Crippen LogP contribution in [-0.2, 0) is 9.23 Å².